The number of ether oxygens (including phenoxy) is 2. The number of hydrogen-bond acceptors (Lipinski definition) is 5. The Morgan fingerprint density at radius 3 is 2.59 bits per heavy atom. The minimum absolute atomic E-state index is 0.0699. The third-order valence-corrected chi connectivity index (χ3v) is 4.69. The van der Waals surface area contributed by atoms with Crippen molar-refractivity contribution < 1.29 is 19.1 Å². The quantitative estimate of drug-likeness (QED) is 0.565. The second kappa shape index (κ2) is 8.52. The van der Waals surface area contributed by atoms with E-state index in [1.165, 1.54) is 6.08 Å². The van der Waals surface area contributed by atoms with Crippen LogP contribution >= 0.6 is 0 Å². The van der Waals surface area contributed by atoms with Gasteiger partial charge < -0.3 is 20.5 Å². The molecule has 1 atom stereocenters. The highest BCUT2D eigenvalue weighted by molar-refractivity contribution is 5.96. The van der Waals surface area contributed by atoms with E-state index in [2.05, 4.69) is 28.8 Å². The number of carbonyl (C=O) groups is 2. The van der Waals surface area contributed by atoms with Crippen LogP contribution in [0.5, 0.6) is 11.5 Å². The fourth-order valence-corrected chi connectivity index (χ4v) is 3.27. The zero-order chi connectivity index (χ0) is 21.0. The van der Waals surface area contributed by atoms with Crippen LogP contribution in [0.3, 0.4) is 0 Å². The van der Waals surface area contributed by atoms with Crippen LogP contribution in [0.25, 0.3) is 0 Å². The van der Waals surface area contributed by atoms with Crippen LogP contribution < -0.4 is 20.5 Å². The van der Waals surface area contributed by atoms with Crippen LogP contribution in [0, 0.1) is 11.8 Å². The minimum Gasteiger partial charge on any atom is -0.497 e. The number of nitrogens with two attached hydrogens (primary N) is 1. The van der Waals surface area contributed by atoms with Crippen molar-refractivity contribution in [1.29, 1.82) is 0 Å². The van der Waals surface area contributed by atoms with Gasteiger partial charge in [-0.2, -0.15) is 5.10 Å². The number of rotatable bonds is 6. The molecule has 3 N–H and O–H groups in total. The first-order valence-corrected chi connectivity index (χ1v) is 9.03. The maximum absolute atomic E-state index is 12.1. The predicted octanol–water partition coefficient (Wildman–Crippen LogP) is 1.19. The van der Waals surface area contributed by atoms with E-state index in [4.69, 9.17) is 15.2 Å². The van der Waals surface area contributed by atoms with Gasteiger partial charge in [-0.25, -0.2) is 0 Å². The number of carbonyl (C=O) groups excluding carboxylic acids is 2. The molecule has 3 rings (SSSR count). The van der Waals surface area contributed by atoms with Crippen LogP contribution in [-0.2, 0) is 11.2 Å². The van der Waals surface area contributed by atoms with Crippen molar-refractivity contribution in [2.45, 2.75) is 18.9 Å². The monoisotopic (exact) mass is 394 g/mol. The summed E-state index contributed by atoms with van der Waals surface area (Å²) in [4.78, 5) is 23.5. The lowest BCUT2D eigenvalue weighted by Gasteiger charge is -2.11. The molecule has 8 heteroatoms. The van der Waals surface area contributed by atoms with Gasteiger partial charge in [-0.15, -0.1) is 0 Å². The summed E-state index contributed by atoms with van der Waals surface area (Å²) in [7, 11) is 3.12. The van der Waals surface area contributed by atoms with Crippen molar-refractivity contribution in [3.05, 3.63) is 53.4 Å². The zero-order valence-electron chi connectivity index (χ0n) is 16.3. The topological polar surface area (TPSA) is 108 Å². The van der Waals surface area contributed by atoms with Crippen LogP contribution in [0.1, 0.15) is 39.8 Å². The van der Waals surface area contributed by atoms with Crippen molar-refractivity contribution in [2.75, 3.05) is 20.8 Å². The molecule has 0 unspecified atom stereocenters. The number of amides is 2. The lowest BCUT2D eigenvalue weighted by Crippen LogP contribution is -2.28. The van der Waals surface area contributed by atoms with Crippen LogP contribution in [0.15, 0.2) is 30.9 Å². The highest BCUT2D eigenvalue weighted by atomic mass is 16.5. The third-order valence-electron chi connectivity index (χ3n) is 4.69. The lowest BCUT2D eigenvalue weighted by atomic mass is 10.1. The normalized spacial score (nSPS) is 14.3. The lowest BCUT2D eigenvalue weighted by molar-refractivity contribution is -0.116. The molecule has 2 amide bonds. The first kappa shape index (κ1) is 20.0. The van der Waals surface area contributed by atoms with Crippen molar-refractivity contribution in [1.82, 2.24) is 15.1 Å². The first-order valence-electron chi connectivity index (χ1n) is 9.03. The van der Waals surface area contributed by atoms with Crippen molar-refractivity contribution in [2.24, 2.45) is 5.73 Å². The summed E-state index contributed by atoms with van der Waals surface area (Å²) in [6, 6.07) is 5.19. The number of aromatic nitrogens is 2. The summed E-state index contributed by atoms with van der Waals surface area (Å²) in [6.45, 7) is 3.82. The molecule has 0 saturated heterocycles. The SMILES string of the molecule is C=CC(=O)NC[C@H]1CCc2c(C(N)=O)c(C#Cc3cc(OC)cc(OC)c3)nn21. The van der Waals surface area contributed by atoms with Gasteiger partial charge in [0.2, 0.25) is 5.91 Å². The average molecular weight is 394 g/mol. The van der Waals surface area contributed by atoms with Crippen molar-refractivity contribution in [3.63, 3.8) is 0 Å². The molecule has 1 aliphatic rings. The second-order valence-electron chi connectivity index (χ2n) is 6.47. The number of benzene rings is 1. The molecule has 2 heterocycles. The molecule has 1 aliphatic heterocycles. The minimum atomic E-state index is -0.574. The number of primary amides is 1. The van der Waals surface area contributed by atoms with Gasteiger partial charge in [0.1, 0.15) is 17.2 Å². The molecule has 150 valence electrons. The Labute approximate surface area is 168 Å². The molecular weight excluding hydrogens is 372 g/mol. The smallest absolute Gasteiger partial charge is 0.253 e. The summed E-state index contributed by atoms with van der Waals surface area (Å²) in [5.41, 5.74) is 7.63. The Balaban J connectivity index is 1.94. The number of nitrogens with one attached hydrogen (secondary N) is 1. The fraction of sp³-hybridized carbons (Fsp3) is 0.286. The van der Waals surface area contributed by atoms with Gasteiger partial charge in [-0.1, -0.05) is 12.5 Å². The van der Waals surface area contributed by atoms with E-state index in [0.29, 0.717) is 41.3 Å². The molecule has 29 heavy (non-hydrogen) atoms. The maximum atomic E-state index is 12.1. The summed E-state index contributed by atoms with van der Waals surface area (Å²) in [5.74, 6) is 6.31. The number of hydrogen-bond donors (Lipinski definition) is 2. The first-order chi connectivity index (χ1) is 14.0. The van der Waals surface area contributed by atoms with E-state index in [-0.39, 0.29) is 11.9 Å². The average Bonchev–Trinajstić information content (AvgIpc) is 3.28. The van der Waals surface area contributed by atoms with Crippen LogP contribution in [0.4, 0.5) is 0 Å². The molecule has 1 aromatic carbocycles. The Morgan fingerprint density at radius 2 is 2.00 bits per heavy atom. The van der Waals surface area contributed by atoms with E-state index >= 15 is 0 Å². The largest absolute Gasteiger partial charge is 0.497 e. The van der Waals surface area contributed by atoms with Gasteiger partial charge in [-0.3, -0.25) is 14.3 Å². The maximum Gasteiger partial charge on any atom is 0.253 e. The molecule has 0 fully saturated rings. The van der Waals surface area contributed by atoms with E-state index < -0.39 is 5.91 Å². The highest BCUT2D eigenvalue weighted by Crippen LogP contribution is 2.29. The van der Waals surface area contributed by atoms with E-state index in [0.717, 1.165) is 12.1 Å². The van der Waals surface area contributed by atoms with E-state index in [9.17, 15) is 9.59 Å². The zero-order valence-corrected chi connectivity index (χ0v) is 16.3. The third kappa shape index (κ3) is 4.24. The molecule has 0 saturated carbocycles. The Bertz CT molecular complexity index is 1010. The number of methoxy groups -OCH3 is 2. The molecule has 2 aromatic rings. The Hall–Kier alpha value is -3.73. The van der Waals surface area contributed by atoms with Gasteiger partial charge in [0.25, 0.3) is 5.91 Å². The summed E-state index contributed by atoms with van der Waals surface area (Å²) in [6.07, 6.45) is 2.60. The molecule has 8 nitrogen and oxygen atoms in total. The molecule has 0 bridgehead atoms. The van der Waals surface area contributed by atoms with Gasteiger partial charge >= 0.3 is 0 Å². The van der Waals surface area contributed by atoms with E-state index in [1.54, 1.807) is 37.1 Å². The predicted molar refractivity (Wildman–Crippen MR) is 107 cm³/mol. The fourth-order valence-electron chi connectivity index (χ4n) is 3.27. The molecular formula is C21H22N4O4. The van der Waals surface area contributed by atoms with E-state index in [1.807, 2.05) is 0 Å². The van der Waals surface area contributed by atoms with Crippen LogP contribution in [0.2, 0.25) is 0 Å². The summed E-state index contributed by atoms with van der Waals surface area (Å²) >= 11 is 0. The number of fused-ring (bicyclic) bond motifs is 1. The molecule has 1 aromatic heterocycles. The Kier molecular flexibility index (Phi) is 5.88. The molecule has 0 radical (unpaired) electrons. The molecule has 0 aliphatic carbocycles. The van der Waals surface area contributed by atoms with Crippen molar-refractivity contribution in [3.8, 4) is 23.3 Å². The Morgan fingerprint density at radius 1 is 1.31 bits per heavy atom. The summed E-state index contributed by atoms with van der Waals surface area (Å²) in [5, 5.41) is 7.26. The second-order valence-corrected chi connectivity index (χ2v) is 6.47. The van der Waals surface area contributed by atoms with Gasteiger partial charge in [0, 0.05) is 18.2 Å². The van der Waals surface area contributed by atoms with Gasteiger partial charge in [0.15, 0.2) is 0 Å². The standard InChI is InChI=1S/C21H22N4O4/c1-4-19(26)23-12-14-6-8-18-20(21(22)27)17(24-25(14)18)7-5-13-9-15(28-2)11-16(10-13)29-3/h4,9-11,14H,1,6,8,12H2,2-3H3,(H2,22,27)(H,23,26)/t14-/m1/s1. The van der Waals surface area contributed by atoms with Crippen LogP contribution in [-0.4, -0.2) is 42.4 Å². The van der Waals surface area contributed by atoms with Crippen molar-refractivity contribution >= 4 is 11.8 Å². The van der Waals surface area contributed by atoms with Gasteiger partial charge in [0.05, 0.1) is 31.5 Å². The molecule has 0 spiro atoms. The highest BCUT2D eigenvalue weighted by Gasteiger charge is 2.30. The summed E-state index contributed by atoms with van der Waals surface area (Å²) < 4.78 is 12.2. The number of nitrogens with zero attached hydrogens (tertiary/aromatic N) is 2. The van der Waals surface area contributed by atoms with Gasteiger partial charge in [-0.05, 0) is 37.0 Å².